The number of benzene rings is 1. The highest BCUT2D eigenvalue weighted by atomic mass is 35.5. The zero-order valence-corrected chi connectivity index (χ0v) is 17.9. The second-order valence-corrected chi connectivity index (χ2v) is 8.02. The van der Waals surface area contributed by atoms with Crippen LogP contribution in [-0.4, -0.2) is 40.2 Å². The zero-order valence-electron chi connectivity index (χ0n) is 16.4. The first-order valence-electron chi connectivity index (χ1n) is 8.97. The Balaban J connectivity index is 1.67. The summed E-state index contributed by atoms with van der Waals surface area (Å²) >= 11 is 7.13. The SMILES string of the molecule is COCCn1c(C)cc(C(=O)C(=O)Nc2nnc(Cc3ccc(Cl)cc3)s2)c1C. The molecule has 0 radical (unpaired) electrons. The highest BCUT2D eigenvalue weighted by molar-refractivity contribution is 7.15. The fraction of sp³-hybridized carbons (Fsp3) is 0.300. The van der Waals surface area contributed by atoms with Gasteiger partial charge in [0.2, 0.25) is 5.13 Å². The van der Waals surface area contributed by atoms with Crippen LogP contribution in [0.2, 0.25) is 5.02 Å². The van der Waals surface area contributed by atoms with E-state index in [1.807, 2.05) is 42.7 Å². The van der Waals surface area contributed by atoms with Crippen molar-refractivity contribution >= 4 is 39.8 Å². The number of nitrogens with zero attached hydrogens (tertiary/aromatic N) is 3. The number of aryl methyl sites for hydroxylation is 1. The molecule has 0 aliphatic carbocycles. The molecule has 1 amide bonds. The van der Waals surface area contributed by atoms with E-state index >= 15 is 0 Å². The van der Waals surface area contributed by atoms with Gasteiger partial charge in [0.05, 0.1) is 6.61 Å². The average Bonchev–Trinajstić information content (AvgIpc) is 3.25. The molecule has 9 heteroatoms. The predicted molar refractivity (Wildman–Crippen MR) is 113 cm³/mol. The van der Waals surface area contributed by atoms with Crippen LogP contribution in [0.5, 0.6) is 0 Å². The summed E-state index contributed by atoms with van der Waals surface area (Å²) in [4.78, 5) is 25.1. The van der Waals surface area contributed by atoms with Gasteiger partial charge >= 0.3 is 0 Å². The maximum absolute atomic E-state index is 12.6. The molecule has 3 aromatic rings. The van der Waals surface area contributed by atoms with Crippen molar-refractivity contribution in [2.45, 2.75) is 26.8 Å². The summed E-state index contributed by atoms with van der Waals surface area (Å²) in [5, 5.41) is 12.3. The van der Waals surface area contributed by atoms with Crippen molar-refractivity contribution in [3.8, 4) is 0 Å². The second kappa shape index (κ2) is 9.30. The first kappa shape index (κ1) is 21.2. The number of ether oxygens (including phenoxy) is 1. The van der Waals surface area contributed by atoms with Crippen LogP contribution in [0.3, 0.4) is 0 Å². The Kier molecular flexibility index (Phi) is 6.79. The number of hydrogen-bond acceptors (Lipinski definition) is 6. The summed E-state index contributed by atoms with van der Waals surface area (Å²) in [6.07, 6.45) is 0.569. The van der Waals surface area contributed by atoms with Crippen LogP contribution in [0.1, 0.15) is 32.3 Å². The molecule has 1 aromatic carbocycles. The van der Waals surface area contributed by atoms with E-state index in [4.69, 9.17) is 16.3 Å². The molecule has 0 unspecified atom stereocenters. The molecule has 0 aliphatic rings. The fourth-order valence-electron chi connectivity index (χ4n) is 2.99. The van der Waals surface area contributed by atoms with Crippen molar-refractivity contribution in [1.82, 2.24) is 14.8 Å². The van der Waals surface area contributed by atoms with Crippen LogP contribution >= 0.6 is 22.9 Å². The number of anilines is 1. The third-order valence-corrected chi connectivity index (χ3v) is 5.59. The first-order chi connectivity index (χ1) is 13.9. The number of amides is 1. The monoisotopic (exact) mass is 432 g/mol. The van der Waals surface area contributed by atoms with Crippen molar-refractivity contribution in [3.05, 3.63) is 62.9 Å². The number of carbonyl (C=O) groups excluding carboxylic acids is 2. The minimum Gasteiger partial charge on any atom is -0.383 e. The second-order valence-electron chi connectivity index (χ2n) is 6.52. The minimum atomic E-state index is -0.730. The Hall–Kier alpha value is -2.55. The molecular weight excluding hydrogens is 412 g/mol. The number of halogens is 1. The van der Waals surface area contributed by atoms with E-state index in [1.54, 1.807) is 13.2 Å². The lowest BCUT2D eigenvalue weighted by atomic mass is 10.1. The highest BCUT2D eigenvalue weighted by Crippen LogP contribution is 2.21. The topological polar surface area (TPSA) is 86.1 Å². The highest BCUT2D eigenvalue weighted by Gasteiger charge is 2.23. The van der Waals surface area contributed by atoms with Gasteiger partial charge in [-0.3, -0.25) is 14.9 Å². The number of methoxy groups -OCH3 is 1. The summed E-state index contributed by atoms with van der Waals surface area (Å²) in [5.74, 6) is -1.33. The molecule has 0 bridgehead atoms. The van der Waals surface area contributed by atoms with Gasteiger partial charge in [0.1, 0.15) is 5.01 Å². The van der Waals surface area contributed by atoms with Gasteiger partial charge < -0.3 is 9.30 Å². The van der Waals surface area contributed by atoms with E-state index in [1.165, 1.54) is 11.3 Å². The molecular formula is C20H21ClN4O3S. The lowest BCUT2D eigenvalue weighted by Gasteiger charge is -2.08. The summed E-state index contributed by atoms with van der Waals surface area (Å²) in [7, 11) is 1.62. The van der Waals surface area contributed by atoms with E-state index in [0.717, 1.165) is 22.0 Å². The lowest BCUT2D eigenvalue weighted by molar-refractivity contribution is -0.112. The van der Waals surface area contributed by atoms with Crippen LogP contribution in [0, 0.1) is 13.8 Å². The van der Waals surface area contributed by atoms with E-state index < -0.39 is 11.7 Å². The van der Waals surface area contributed by atoms with Crippen molar-refractivity contribution in [1.29, 1.82) is 0 Å². The Bertz CT molecular complexity index is 1030. The molecule has 3 rings (SSSR count). The zero-order chi connectivity index (χ0) is 21.0. The molecule has 1 N–H and O–H groups in total. The number of ketones is 1. The number of aromatic nitrogens is 3. The quantitative estimate of drug-likeness (QED) is 0.433. The molecule has 7 nitrogen and oxygen atoms in total. The van der Waals surface area contributed by atoms with Crippen LogP contribution < -0.4 is 5.32 Å². The van der Waals surface area contributed by atoms with Crippen molar-refractivity contribution in [2.24, 2.45) is 0 Å². The van der Waals surface area contributed by atoms with E-state index in [-0.39, 0.29) is 0 Å². The first-order valence-corrected chi connectivity index (χ1v) is 10.2. The van der Waals surface area contributed by atoms with E-state index in [9.17, 15) is 9.59 Å². The van der Waals surface area contributed by atoms with Crippen molar-refractivity contribution < 1.29 is 14.3 Å². The van der Waals surface area contributed by atoms with E-state index in [2.05, 4.69) is 15.5 Å². The van der Waals surface area contributed by atoms with Gasteiger partial charge in [-0.25, -0.2) is 0 Å². The standard InChI is InChI=1S/C20H21ClN4O3S/c1-12-10-16(13(2)25(12)8-9-28-3)18(26)19(27)22-20-24-23-17(29-20)11-14-4-6-15(21)7-5-14/h4-7,10H,8-9,11H2,1-3H3,(H,22,24,27). The number of hydrogen-bond donors (Lipinski definition) is 1. The third-order valence-electron chi connectivity index (χ3n) is 4.50. The van der Waals surface area contributed by atoms with E-state index in [0.29, 0.717) is 35.3 Å². The lowest BCUT2D eigenvalue weighted by Crippen LogP contribution is -2.23. The third kappa shape index (κ3) is 5.09. The van der Waals surface area contributed by atoms with Crippen LogP contribution in [0.15, 0.2) is 30.3 Å². The van der Waals surface area contributed by atoms with Gasteiger partial charge in [0.25, 0.3) is 11.7 Å². The number of nitrogens with one attached hydrogen (secondary N) is 1. The Morgan fingerprint density at radius 3 is 2.62 bits per heavy atom. The predicted octanol–water partition coefficient (Wildman–Crippen LogP) is 3.67. The number of rotatable bonds is 8. The molecule has 152 valence electrons. The average molecular weight is 433 g/mol. The number of carbonyl (C=O) groups is 2. The van der Waals surface area contributed by atoms with Gasteiger partial charge in [0.15, 0.2) is 0 Å². The molecule has 0 fully saturated rings. The van der Waals surface area contributed by atoms with Crippen LogP contribution in [0.25, 0.3) is 0 Å². The number of Topliss-reactive ketones (excluding diaryl/α,β-unsaturated/α-hetero) is 1. The van der Waals surface area contributed by atoms with Crippen molar-refractivity contribution in [3.63, 3.8) is 0 Å². The molecule has 0 atom stereocenters. The summed E-state index contributed by atoms with van der Waals surface area (Å²) in [6.45, 7) is 4.86. The molecule has 2 heterocycles. The van der Waals surface area contributed by atoms with Crippen LogP contribution in [0.4, 0.5) is 5.13 Å². The molecule has 0 saturated heterocycles. The fourth-order valence-corrected chi connectivity index (χ4v) is 3.88. The summed E-state index contributed by atoms with van der Waals surface area (Å²) in [5.41, 5.74) is 3.04. The molecule has 2 aromatic heterocycles. The van der Waals surface area contributed by atoms with Gasteiger partial charge in [0, 0.05) is 42.0 Å². The maximum atomic E-state index is 12.6. The molecule has 0 aliphatic heterocycles. The van der Waals surface area contributed by atoms with Gasteiger partial charge in [-0.15, -0.1) is 10.2 Å². The van der Waals surface area contributed by atoms with Gasteiger partial charge in [-0.05, 0) is 37.6 Å². The Labute approximate surface area is 177 Å². The minimum absolute atomic E-state index is 0.292. The van der Waals surface area contributed by atoms with Crippen molar-refractivity contribution in [2.75, 3.05) is 19.0 Å². The largest absolute Gasteiger partial charge is 0.383 e. The Morgan fingerprint density at radius 2 is 1.93 bits per heavy atom. The molecule has 0 saturated carbocycles. The van der Waals surface area contributed by atoms with Gasteiger partial charge in [-0.1, -0.05) is 35.1 Å². The van der Waals surface area contributed by atoms with Crippen LogP contribution in [-0.2, 0) is 22.5 Å². The van der Waals surface area contributed by atoms with Gasteiger partial charge in [-0.2, -0.15) is 0 Å². The molecule has 29 heavy (non-hydrogen) atoms. The summed E-state index contributed by atoms with van der Waals surface area (Å²) in [6, 6.07) is 9.15. The maximum Gasteiger partial charge on any atom is 0.298 e. The Morgan fingerprint density at radius 1 is 1.21 bits per heavy atom. The molecule has 0 spiro atoms. The normalized spacial score (nSPS) is 10.9. The summed E-state index contributed by atoms with van der Waals surface area (Å²) < 4.78 is 7.05. The smallest absolute Gasteiger partial charge is 0.298 e.